The Morgan fingerprint density at radius 1 is 1.18 bits per heavy atom. The van der Waals surface area contributed by atoms with Crippen molar-refractivity contribution in [3.63, 3.8) is 0 Å². The van der Waals surface area contributed by atoms with Crippen LogP contribution >= 0.6 is 0 Å². The zero-order valence-corrected chi connectivity index (χ0v) is 12.6. The SMILES string of the molecule is NC1CCC(C(=O)NCCOc2cccc3ccccc23)C1. The van der Waals surface area contributed by atoms with Gasteiger partial charge in [0.2, 0.25) is 5.91 Å². The Hall–Kier alpha value is -2.07. The lowest BCUT2D eigenvalue weighted by molar-refractivity contribution is -0.124. The summed E-state index contributed by atoms with van der Waals surface area (Å²) >= 11 is 0. The molecule has 0 radical (unpaired) electrons. The number of hydrogen-bond donors (Lipinski definition) is 2. The fraction of sp³-hybridized carbons (Fsp3) is 0.389. The average molecular weight is 298 g/mol. The van der Waals surface area contributed by atoms with Crippen molar-refractivity contribution in [2.24, 2.45) is 11.7 Å². The summed E-state index contributed by atoms with van der Waals surface area (Å²) in [4.78, 5) is 12.0. The molecule has 2 aromatic carbocycles. The molecule has 0 spiro atoms. The summed E-state index contributed by atoms with van der Waals surface area (Å²) in [5.74, 6) is 1.04. The van der Waals surface area contributed by atoms with Crippen LogP contribution in [0.15, 0.2) is 42.5 Å². The van der Waals surface area contributed by atoms with Gasteiger partial charge in [-0.15, -0.1) is 0 Å². The van der Waals surface area contributed by atoms with E-state index in [9.17, 15) is 4.79 Å². The average Bonchev–Trinajstić information content (AvgIpc) is 2.98. The van der Waals surface area contributed by atoms with Crippen LogP contribution in [-0.4, -0.2) is 25.1 Å². The van der Waals surface area contributed by atoms with Crippen LogP contribution in [0.4, 0.5) is 0 Å². The summed E-state index contributed by atoms with van der Waals surface area (Å²) in [7, 11) is 0. The standard InChI is InChI=1S/C18H22N2O2/c19-15-9-8-14(12-15)18(21)20-10-11-22-17-7-3-5-13-4-1-2-6-16(13)17/h1-7,14-15H,8-12,19H2,(H,20,21). The van der Waals surface area contributed by atoms with E-state index < -0.39 is 0 Å². The fourth-order valence-corrected chi connectivity index (χ4v) is 3.06. The second kappa shape index (κ2) is 6.79. The van der Waals surface area contributed by atoms with Crippen LogP contribution in [0.5, 0.6) is 5.75 Å². The summed E-state index contributed by atoms with van der Waals surface area (Å²) in [5.41, 5.74) is 5.84. The van der Waals surface area contributed by atoms with E-state index in [1.165, 1.54) is 0 Å². The maximum atomic E-state index is 12.0. The Labute approximate surface area is 130 Å². The van der Waals surface area contributed by atoms with E-state index in [1.807, 2.05) is 30.3 Å². The molecule has 1 aliphatic carbocycles. The van der Waals surface area contributed by atoms with Gasteiger partial charge in [-0.3, -0.25) is 4.79 Å². The molecule has 1 fully saturated rings. The molecule has 0 saturated heterocycles. The first-order chi connectivity index (χ1) is 10.7. The van der Waals surface area contributed by atoms with Crippen LogP contribution in [-0.2, 0) is 4.79 Å². The molecule has 4 nitrogen and oxygen atoms in total. The number of nitrogens with two attached hydrogens (primary N) is 1. The second-order valence-corrected chi connectivity index (χ2v) is 5.89. The molecule has 4 heteroatoms. The number of hydrogen-bond acceptors (Lipinski definition) is 3. The zero-order valence-electron chi connectivity index (χ0n) is 12.6. The topological polar surface area (TPSA) is 64.4 Å². The van der Waals surface area contributed by atoms with Gasteiger partial charge < -0.3 is 15.8 Å². The molecular formula is C18H22N2O2. The van der Waals surface area contributed by atoms with E-state index in [0.717, 1.165) is 35.8 Å². The quantitative estimate of drug-likeness (QED) is 0.833. The number of carbonyl (C=O) groups excluding carboxylic acids is 1. The molecule has 2 unspecified atom stereocenters. The van der Waals surface area contributed by atoms with Gasteiger partial charge in [-0.1, -0.05) is 36.4 Å². The van der Waals surface area contributed by atoms with Crippen LogP contribution < -0.4 is 15.8 Å². The number of benzene rings is 2. The zero-order chi connectivity index (χ0) is 15.4. The number of carbonyl (C=O) groups is 1. The van der Waals surface area contributed by atoms with Gasteiger partial charge in [0.15, 0.2) is 0 Å². The third-order valence-corrected chi connectivity index (χ3v) is 4.25. The van der Waals surface area contributed by atoms with Crippen molar-refractivity contribution in [1.82, 2.24) is 5.32 Å². The van der Waals surface area contributed by atoms with Crippen molar-refractivity contribution in [3.05, 3.63) is 42.5 Å². The fourth-order valence-electron chi connectivity index (χ4n) is 3.06. The molecule has 0 aromatic heterocycles. The van der Waals surface area contributed by atoms with Crippen molar-refractivity contribution >= 4 is 16.7 Å². The van der Waals surface area contributed by atoms with E-state index in [4.69, 9.17) is 10.5 Å². The van der Waals surface area contributed by atoms with Gasteiger partial charge in [0.1, 0.15) is 12.4 Å². The largest absolute Gasteiger partial charge is 0.491 e. The van der Waals surface area contributed by atoms with Crippen molar-refractivity contribution in [2.75, 3.05) is 13.2 Å². The number of rotatable bonds is 5. The predicted octanol–water partition coefficient (Wildman–Crippen LogP) is 2.46. The van der Waals surface area contributed by atoms with E-state index in [1.54, 1.807) is 0 Å². The maximum absolute atomic E-state index is 12.0. The molecule has 116 valence electrons. The molecule has 3 rings (SSSR count). The van der Waals surface area contributed by atoms with Crippen molar-refractivity contribution in [3.8, 4) is 5.75 Å². The van der Waals surface area contributed by atoms with Gasteiger partial charge in [-0.05, 0) is 30.7 Å². The molecule has 0 bridgehead atoms. The third-order valence-electron chi connectivity index (χ3n) is 4.25. The van der Waals surface area contributed by atoms with Gasteiger partial charge in [-0.25, -0.2) is 0 Å². The first-order valence-electron chi connectivity index (χ1n) is 7.88. The van der Waals surface area contributed by atoms with Crippen LogP contribution in [0, 0.1) is 5.92 Å². The van der Waals surface area contributed by atoms with E-state index >= 15 is 0 Å². The van der Waals surface area contributed by atoms with Crippen LogP contribution in [0.3, 0.4) is 0 Å². The van der Waals surface area contributed by atoms with E-state index in [-0.39, 0.29) is 17.9 Å². The summed E-state index contributed by atoms with van der Waals surface area (Å²) in [5, 5.41) is 5.20. The minimum Gasteiger partial charge on any atom is -0.491 e. The van der Waals surface area contributed by atoms with E-state index in [0.29, 0.717) is 13.2 Å². The lowest BCUT2D eigenvalue weighted by Crippen LogP contribution is -2.33. The molecule has 0 aliphatic heterocycles. The first-order valence-corrected chi connectivity index (χ1v) is 7.88. The Morgan fingerprint density at radius 2 is 2.00 bits per heavy atom. The number of nitrogens with one attached hydrogen (secondary N) is 1. The predicted molar refractivity (Wildman–Crippen MR) is 87.8 cm³/mol. The van der Waals surface area contributed by atoms with Gasteiger partial charge in [0, 0.05) is 17.3 Å². The summed E-state index contributed by atoms with van der Waals surface area (Å²) in [6, 6.07) is 14.3. The lowest BCUT2D eigenvalue weighted by Gasteiger charge is -2.12. The van der Waals surface area contributed by atoms with Crippen LogP contribution in [0.25, 0.3) is 10.8 Å². The van der Waals surface area contributed by atoms with Crippen molar-refractivity contribution < 1.29 is 9.53 Å². The summed E-state index contributed by atoms with van der Waals surface area (Å²) < 4.78 is 5.81. The Kier molecular flexibility index (Phi) is 4.59. The van der Waals surface area contributed by atoms with Gasteiger partial charge in [0.05, 0.1) is 6.54 Å². The Bertz CT molecular complexity index is 651. The number of amides is 1. The minimum absolute atomic E-state index is 0.0764. The van der Waals surface area contributed by atoms with Crippen LogP contribution in [0.2, 0.25) is 0 Å². The molecule has 1 amide bonds. The normalized spacial score (nSPS) is 21.0. The highest BCUT2D eigenvalue weighted by atomic mass is 16.5. The second-order valence-electron chi connectivity index (χ2n) is 5.89. The third kappa shape index (κ3) is 3.39. The first kappa shape index (κ1) is 14.9. The summed E-state index contributed by atoms with van der Waals surface area (Å²) in [6.07, 6.45) is 2.65. The molecule has 0 heterocycles. The van der Waals surface area contributed by atoms with Crippen molar-refractivity contribution in [2.45, 2.75) is 25.3 Å². The highest BCUT2D eigenvalue weighted by molar-refractivity contribution is 5.88. The maximum Gasteiger partial charge on any atom is 0.223 e. The number of ether oxygens (including phenoxy) is 1. The molecule has 22 heavy (non-hydrogen) atoms. The molecule has 1 aliphatic rings. The highest BCUT2D eigenvalue weighted by Gasteiger charge is 2.27. The lowest BCUT2D eigenvalue weighted by atomic mass is 10.1. The molecule has 3 N–H and O–H groups in total. The van der Waals surface area contributed by atoms with Gasteiger partial charge in [-0.2, -0.15) is 0 Å². The molecule has 1 saturated carbocycles. The van der Waals surface area contributed by atoms with Crippen molar-refractivity contribution in [1.29, 1.82) is 0 Å². The van der Waals surface area contributed by atoms with Crippen LogP contribution in [0.1, 0.15) is 19.3 Å². The van der Waals surface area contributed by atoms with E-state index in [2.05, 4.69) is 17.4 Å². The number of fused-ring (bicyclic) bond motifs is 1. The Morgan fingerprint density at radius 3 is 2.82 bits per heavy atom. The summed E-state index contributed by atoms with van der Waals surface area (Å²) in [6.45, 7) is 0.992. The van der Waals surface area contributed by atoms with Gasteiger partial charge in [0.25, 0.3) is 0 Å². The molecule has 2 aromatic rings. The monoisotopic (exact) mass is 298 g/mol. The van der Waals surface area contributed by atoms with Gasteiger partial charge >= 0.3 is 0 Å². The highest BCUT2D eigenvalue weighted by Crippen LogP contribution is 2.25. The smallest absolute Gasteiger partial charge is 0.223 e. The minimum atomic E-state index is 0.0764. The molecular weight excluding hydrogens is 276 g/mol. The molecule has 2 atom stereocenters. The Balaban J connectivity index is 1.49.